The van der Waals surface area contributed by atoms with E-state index in [1.165, 1.54) is 12.7 Å². The van der Waals surface area contributed by atoms with Crippen LogP contribution in [0.15, 0.2) is 71.0 Å². The van der Waals surface area contributed by atoms with Crippen molar-refractivity contribution in [1.82, 2.24) is 39.9 Å². The topological polar surface area (TPSA) is 282 Å². The Bertz CT molecular complexity index is 2310. The molecule has 0 bridgehead atoms. The molecule has 300 valence electrons. The van der Waals surface area contributed by atoms with Crippen LogP contribution < -0.4 is 54.1 Å². The fraction of sp³-hybridized carbons (Fsp3) is 0.333. The van der Waals surface area contributed by atoms with Crippen molar-refractivity contribution < 1.29 is 9.47 Å². The molecular formula is C36H45ClN16O4. The van der Waals surface area contributed by atoms with Gasteiger partial charge in [0.25, 0.3) is 11.1 Å². The summed E-state index contributed by atoms with van der Waals surface area (Å²) in [6.07, 6.45) is 6.13. The highest BCUT2D eigenvalue weighted by Crippen LogP contribution is 2.26. The number of rotatable bonds is 10. The second-order valence-electron chi connectivity index (χ2n) is 12.5. The number of aromatic amines is 2. The van der Waals surface area contributed by atoms with Gasteiger partial charge in [0, 0.05) is 64.5 Å². The lowest BCUT2D eigenvalue weighted by atomic mass is 10.2. The lowest BCUT2D eigenvalue weighted by Gasteiger charge is -2.27. The lowest BCUT2D eigenvalue weighted by molar-refractivity contribution is 0.122. The van der Waals surface area contributed by atoms with Gasteiger partial charge >= 0.3 is 0 Å². The Hall–Kier alpha value is -6.03. The van der Waals surface area contributed by atoms with E-state index in [0.29, 0.717) is 97.6 Å². The van der Waals surface area contributed by atoms with E-state index < -0.39 is 0 Å². The second-order valence-corrected chi connectivity index (χ2v) is 12.8. The molecule has 8 heterocycles. The van der Waals surface area contributed by atoms with Crippen molar-refractivity contribution in [2.75, 3.05) is 105 Å². The smallest absolute Gasteiger partial charge is 0.262 e. The first kappa shape index (κ1) is 40.6. The molecule has 0 aromatic carbocycles. The molecule has 6 aromatic rings. The number of pyridine rings is 4. The minimum atomic E-state index is -0.283. The van der Waals surface area contributed by atoms with Crippen molar-refractivity contribution in [1.29, 1.82) is 0 Å². The third-order valence-electron chi connectivity index (χ3n) is 8.53. The van der Waals surface area contributed by atoms with Gasteiger partial charge in [0.2, 0.25) is 0 Å². The first-order valence-electron chi connectivity index (χ1n) is 18.2. The number of anilines is 7. The first-order chi connectivity index (χ1) is 27.9. The predicted molar refractivity (Wildman–Crippen MR) is 222 cm³/mol. The number of fused-ring (bicyclic) bond motifs is 2. The number of H-pyrrole nitrogens is 2. The van der Waals surface area contributed by atoms with Crippen LogP contribution in [0, 0.1) is 0 Å². The quantitative estimate of drug-likeness (QED) is 0.0912. The SMILES string of the molecule is NCCN.NCCNc1cc2nc[nH]c(=O)c2c(Nc2ccc(N3CCOCC3)nc2)n1.O=c1[nH]cnc2cc(Cl)nc(Nc3ccc(N4CCOCC4)nc3)c12. The van der Waals surface area contributed by atoms with Crippen LogP contribution in [-0.2, 0) is 9.47 Å². The van der Waals surface area contributed by atoms with Gasteiger partial charge in [-0.2, -0.15) is 0 Å². The summed E-state index contributed by atoms with van der Waals surface area (Å²) in [4.78, 5) is 60.0. The molecule has 0 unspecified atom stereocenters. The van der Waals surface area contributed by atoms with Crippen LogP contribution in [0.5, 0.6) is 0 Å². The molecule has 0 aliphatic carbocycles. The molecule has 0 spiro atoms. The molecule has 2 fully saturated rings. The highest BCUT2D eigenvalue weighted by Gasteiger charge is 2.16. The van der Waals surface area contributed by atoms with Crippen molar-refractivity contribution in [2.45, 2.75) is 0 Å². The fourth-order valence-electron chi connectivity index (χ4n) is 5.77. The second kappa shape index (κ2) is 20.2. The van der Waals surface area contributed by atoms with E-state index >= 15 is 0 Å². The van der Waals surface area contributed by atoms with E-state index in [-0.39, 0.29) is 16.3 Å². The maximum absolute atomic E-state index is 12.3. The molecule has 8 rings (SSSR count). The zero-order valence-corrected chi connectivity index (χ0v) is 31.8. The van der Waals surface area contributed by atoms with Gasteiger partial charge in [0.1, 0.15) is 45.0 Å². The van der Waals surface area contributed by atoms with Gasteiger partial charge in [-0.15, -0.1) is 0 Å². The number of hydrogen-bond acceptors (Lipinski definition) is 18. The number of nitrogens with one attached hydrogen (secondary N) is 5. The molecule has 6 aromatic heterocycles. The zero-order chi connectivity index (χ0) is 40.0. The summed E-state index contributed by atoms with van der Waals surface area (Å²) < 4.78 is 10.7. The molecule has 2 aliphatic rings. The normalized spacial score (nSPS) is 14.0. The van der Waals surface area contributed by atoms with Crippen LogP contribution in [-0.4, -0.2) is 119 Å². The Kier molecular flexibility index (Phi) is 14.4. The molecule has 11 N–H and O–H groups in total. The Labute approximate surface area is 331 Å². The van der Waals surface area contributed by atoms with E-state index in [4.69, 9.17) is 38.3 Å². The molecule has 2 saturated heterocycles. The molecule has 57 heavy (non-hydrogen) atoms. The average Bonchev–Trinajstić information content (AvgIpc) is 3.24. The molecular weight excluding hydrogens is 756 g/mol. The summed E-state index contributed by atoms with van der Waals surface area (Å²) >= 11 is 6.03. The van der Waals surface area contributed by atoms with Gasteiger partial charge in [0.15, 0.2) is 0 Å². The Morgan fingerprint density at radius 2 is 1.16 bits per heavy atom. The number of morpholine rings is 2. The Morgan fingerprint density at radius 3 is 1.61 bits per heavy atom. The third kappa shape index (κ3) is 10.8. The molecule has 0 amide bonds. The summed E-state index contributed by atoms with van der Waals surface area (Å²) in [6.45, 7) is 8.33. The van der Waals surface area contributed by atoms with Crippen LogP contribution in [0.25, 0.3) is 21.8 Å². The van der Waals surface area contributed by atoms with E-state index in [1.54, 1.807) is 24.5 Å². The highest BCUT2D eigenvalue weighted by atomic mass is 35.5. The van der Waals surface area contributed by atoms with Gasteiger partial charge in [0.05, 0.1) is 73.9 Å². The van der Waals surface area contributed by atoms with E-state index in [9.17, 15) is 9.59 Å². The van der Waals surface area contributed by atoms with Gasteiger partial charge in [-0.05, 0) is 24.3 Å². The summed E-state index contributed by atoms with van der Waals surface area (Å²) in [5, 5.41) is 10.4. The number of nitrogens with two attached hydrogens (primary N) is 3. The van der Waals surface area contributed by atoms with Crippen LogP contribution >= 0.6 is 11.6 Å². The summed E-state index contributed by atoms with van der Waals surface area (Å²) in [5.74, 6) is 3.13. The number of halogens is 1. The summed E-state index contributed by atoms with van der Waals surface area (Å²) in [6, 6.07) is 10.9. The predicted octanol–water partition coefficient (Wildman–Crippen LogP) is 1.51. The zero-order valence-electron chi connectivity index (χ0n) is 31.1. The molecule has 0 atom stereocenters. The van der Waals surface area contributed by atoms with Gasteiger partial charge in [-0.1, -0.05) is 11.6 Å². The minimum absolute atomic E-state index is 0.256. The molecule has 0 radical (unpaired) electrons. The maximum atomic E-state index is 12.3. The van der Waals surface area contributed by atoms with Crippen molar-refractivity contribution in [3.05, 3.63) is 87.3 Å². The van der Waals surface area contributed by atoms with E-state index in [0.717, 1.165) is 43.5 Å². The molecule has 0 saturated carbocycles. The van der Waals surface area contributed by atoms with Crippen LogP contribution in [0.1, 0.15) is 0 Å². The number of hydrogen-bond donors (Lipinski definition) is 8. The fourth-order valence-corrected chi connectivity index (χ4v) is 5.96. The van der Waals surface area contributed by atoms with Crippen LogP contribution in [0.4, 0.5) is 40.5 Å². The summed E-state index contributed by atoms with van der Waals surface area (Å²) in [7, 11) is 0. The molecule has 20 nitrogen and oxygen atoms in total. The van der Waals surface area contributed by atoms with Crippen LogP contribution in [0.2, 0.25) is 5.15 Å². The van der Waals surface area contributed by atoms with E-state index in [1.807, 2.05) is 24.3 Å². The van der Waals surface area contributed by atoms with Gasteiger partial charge in [-0.3, -0.25) is 9.59 Å². The third-order valence-corrected chi connectivity index (χ3v) is 8.72. The first-order valence-corrected chi connectivity index (χ1v) is 18.6. The van der Waals surface area contributed by atoms with Crippen molar-refractivity contribution in [3.63, 3.8) is 0 Å². The Morgan fingerprint density at radius 1 is 0.667 bits per heavy atom. The number of nitrogens with zero attached hydrogens (tertiary/aromatic N) is 8. The number of aromatic nitrogens is 8. The average molecular weight is 801 g/mol. The van der Waals surface area contributed by atoms with Crippen molar-refractivity contribution >= 4 is 73.9 Å². The highest BCUT2D eigenvalue weighted by molar-refractivity contribution is 6.30. The van der Waals surface area contributed by atoms with Crippen molar-refractivity contribution in [3.8, 4) is 0 Å². The molecule has 21 heteroatoms. The molecule has 2 aliphatic heterocycles. The summed E-state index contributed by atoms with van der Waals surface area (Å²) in [5.41, 5.74) is 17.3. The standard InChI is InChI=1S/C18H22N8O2.C16H15ClN6O2.C2H8N2/c19-3-4-20-14-9-13-16(18(27)23-11-22-13)17(25-14)24-12-1-2-15(21-10-12)26-5-7-28-8-6-26;17-12-7-11-14(16(24)20-9-19-11)15(22-12)21-10-1-2-13(18-8-10)23-3-5-25-6-4-23;3-1-2-4/h1-2,9-11H,3-8,19H2,(H2,20,24,25)(H,22,23,27);1-2,7-9H,3-6H2,(H,21,22)(H,19,20,24);1-4H2. The Balaban J connectivity index is 0.000000177. The van der Waals surface area contributed by atoms with Crippen molar-refractivity contribution in [2.24, 2.45) is 17.2 Å². The van der Waals surface area contributed by atoms with Gasteiger partial charge in [-0.25, -0.2) is 29.9 Å². The largest absolute Gasteiger partial charge is 0.378 e. The minimum Gasteiger partial charge on any atom is -0.378 e. The van der Waals surface area contributed by atoms with E-state index in [2.05, 4.69) is 65.6 Å². The van der Waals surface area contributed by atoms with Crippen LogP contribution in [0.3, 0.4) is 0 Å². The van der Waals surface area contributed by atoms with Gasteiger partial charge < -0.3 is 62.4 Å². The maximum Gasteiger partial charge on any atom is 0.262 e. The monoisotopic (exact) mass is 800 g/mol. The lowest BCUT2D eigenvalue weighted by Crippen LogP contribution is -2.36. The number of ether oxygens (including phenoxy) is 2.